The van der Waals surface area contributed by atoms with E-state index in [0.717, 1.165) is 17.2 Å². The molecule has 0 aliphatic rings. The van der Waals surface area contributed by atoms with Gasteiger partial charge in [0.2, 0.25) is 0 Å². The average Bonchev–Trinajstić information content (AvgIpc) is 3.13. The van der Waals surface area contributed by atoms with Crippen LogP contribution < -0.4 is 10.1 Å². The molecule has 170 valence electrons. The number of benzene rings is 2. The Hall–Kier alpha value is -3.00. The summed E-state index contributed by atoms with van der Waals surface area (Å²) < 4.78 is 45.2. The van der Waals surface area contributed by atoms with E-state index in [2.05, 4.69) is 10.4 Å². The number of alkyl halides is 3. The summed E-state index contributed by atoms with van der Waals surface area (Å²) in [5.41, 5.74) is 1.85. The van der Waals surface area contributed by atoms with Crippen molar-refractivity contribution < 1.29 is 22.7 Å². The molecular formula is C23H23ClF3N3O2. The van der Waals surface area contributed by atoms with Crippen LogP contribution in [0.1, 0.15) is 39.3 Å². The van der Waals surface area contributed by atoms with Crippen molar-refractivity contribution in [2.45, 2.75) is 39.6 Å². The summed E-state index contributed by atoms with van der Waals surface area (Å²) in [6.45, 7) is 4.42. The normalized spacial score (nSPS) is 11.4. The molecule has 0 radical (unpaired) electrons. The molecule has 0 saturated carbocycles. The fourth-order valence-corrected chi connectivity index (χ4v) is 3.15. The number of nitrogens with zero attached hydrogens (tertiary/aromatic N) is 2. The van der Waals surface area contributed by atoms with Gasteiger partial charge in [0.05, 0.1) is 0 Å². The topological polar surface area (TPSA) is 56.1 Å². The number of aryl methyl sites for hydroxylation is 3. The Morgan fingerprint density at radius 1 is 1.12 bits per heavy atom. The molecule has 3 rings (SSSR count). The highest BCUT2D eigenvalue weighted by molar-refractivity contribution is 6.31. The van der Waals surface area contributed by atoms with Crippen molar-refractivity contribution in [1.82, 2.24) is 15.1 Å². The average molecular weight is 466 g/mol. The molecule has 1 N–H and O–H groups in total. The van der Waals surface area contributed by atoms with Crippen LogP contribution in [0.4, 0.5) is 13.2 Å². The second kappa shape index (κ2) is 10.1. The van der Waals surface area contributed by atoms with Gasteiger partial charge in [0.1, 0.15) is 12.4 Å². The van der Waals surface area contributed by atoms with Crippen molar-refractivity contribution in [1.29, 1.82) is 0 Å². The van der Waals surface area contributed by atoms with Gasteiger partial charge >= 0.3 is 6.18 Å². The third-order valence-corrected chi connectivity index (χ3v) is 5.28. The minimum Gasteiger partial charge on any atom is -0.489 e. The molecule has 0 aliphatic carbocycles. The summed E-state index contributed by atoms with van der Waals surface area (Å²) >= 11 is 6.01. The van der Waals surface area contributed by atoms with Crippen LogP contribution >= 0.6 is 11.6 Å². The van der Waals surface area contributed by atoms with Gasteiger partial charge < -0.3 is 10.1 Å². The first-order chi connectivity index (χ1) is 15.1. The van der Waals surface area contributed by atoms with E-state index in [1.54, 1.807) is 31.2 Å². The first-order valence-electron chi connectivity index (χ1n) is 10.0. The molecule has 0 atom stereocenters. The van der Waals surface area contributed by atoms with Crippen LogP contribution in [0.15, 0.2) is 48.5 Å². The van der Waals surface area contributed by atoms with Crippen molar-refractivity contribution in [3.05, 3.63) is 81.6 Å². The van der Waals surface area contributed by atoms with Gasteiger partial charge in [-0.2, -0.15) is 18.3 Å². The van der Waals surface area contributed by atoms with Gasteiger partial charge in [-0.05, 0) is 67.8 Å². The summed E-state index contributed by atoms with van der Waals surface area (Å²) in [4.78, 5) is 12.3. The van der Waals surface area contributed by atoms with Crippen LogP contribution in [0, 0.1) is 13.8 Å². The van der Waals surface area contributed by atoms with Crippen LogP contribution in [0.3, 0.4) is 0 Å². The van der Waals surface area contributed by atoms with Crippen molar-refractivity contribution in [3.63, 3.8) is 0 Å². The summed E-state index contributed by atoms with van der Waals surface area (Å²) in [6.07, 6.45) is -4.01. The van der Waals surface area contributed by atoms with E-state index in [9.17, 15) is 18.0 Å². The quantitative estimate of drug-likeness (QED) is 0.442. The summed E-state index contributed by atoms with van der Waals surface area (Å²) in [5.74, 6) is 0.461. The highest BCUT2D eigenvalue weighted by Gasteiger charge is 2.34. The predicted octanol–water partition coefficient (Wildman–Crippen LogP) is 5.57. The Labute approximate surface area is 189 Å². The highest BCUT2D eigenvalue weighted by Crippen LogP contribution is 2.28. The number of amides is 1. The molecule has 0 fully saturated rings. The van der Waals surface area contributed by atoms with Crippen LogP contribution in [0.25, 0.3) is 0 Å². The molecule has 3 aromatic rings. The molecule has 1 amide bonds. The highest BCUT2D eigenvalue weighted by atomic mass is 35.5. The first-order valence-corrected chi connectivity index (χ1v) is 10.4. The molecule has 0 bridgehead atoms. The zero-order valence-electron chi connectivity index (χ0n) is 17.7. The largest absolute Gasteiger partial charge is 0.489 e. The third-order valence-electron chi connectivity index (χ3n) is 4.85. The standard InChI is InChI=1S/C23H23ClF3N3O2/c1-15-12-19(8-9-20(15)24)32-14-17-4-6-18(7-5-17)22(31)28-10-3-11-30-16(2)13-21(29-30)23(25,26)27/h4-9,12-13H,3,10-11,14H2,1-2H3,(H,28,31). The Balaban J connectivity index is 1.44. The number of carbonyl (C=O) groups is 1. The van der Waals surface area contributed by atoms with Crippen LogP contribution in [0.2, 0.25) is 5.02 Å². The number of hydrogen-bond acceptors (Lipinski definition) is 3. The second-order valence-electron chi connectivity index (χ2n) is 7.40. The number of nitrogens with one attached hydrogen (secondary N) is 1. The zero-order chi connectivity index (χ0) is 23.3. The Kier molecular flexibility index (Phi) is 7.45. The molecule has 1 aromatic heterocycles. The van der Waals surface area contributed by atoms with Gasteiger partial charge in [-0.15, -0.1) is 0 Å². The number of carbonyl (C=O) groups excluding carboxylic acids is 1. The van der Waals surface area contributed by atoms with Crippen molar-refractivity contribution in [2.75, 3.05) is 6.54 Å². The fraction of sp³-hybridized carbons (Fsp3) is 0.304. The van der Waals surface area contributed by atoms with Gasteiger partial charge in [-0.3, -0.25) is 9.48 Å². The maximum Gasteiger partial charge on any atom is 0.435 e. The van der Waals surface area contributed by atoms with Crippen LogP contribution in [-0.2, 0) is 19.3 Å². The summed E-state index contributed by atoms with van der Waals surface area (Å²) in [6, 6.07) is 13.5. The van der Waals surface area contributed by atoms with Gasteiger partial charge in [0.15, 0.2) is 5.69 Å². The van der Waals surface area contributed by atoms with E-state index in [1.807, 2.05) is 25.1 Å². The fourth-order valence-electron chi connectivity index (χ4n) is 3.03. The number of halogens is 4. The van der Waals surface area contributed by atoms with Crippen molar-refractivity contribution >= 4 is 17.5 Å². The molecule has 0 aliphatic heterocycles. The number of aromatic nitrogens is 2. The van der Waals surface area contributed by atoms with E-state index in [1.165, 1.54) is 4.68 Å². The Bertz CT molecular complexity index is 1080. The lowest BCUT2D eigenvalue weighted by molar-refractivity contribution is -0.141. The van der Waals surface area contributed by atoms with E-state index in [4.69, 9.17) is 16.3 Å². The van der Waals surface area contributed by atoms with Gasteiger partial charge in [-0.1, -0.05) is 23.7 Å². The molecule has 0 saturated heterocycles. The summed E-state index contributed by atoms with van der Waals surface area (Å²) in [5, 5.41) is 7.02. The van der Waals surface area contributed by atoms with E-state index in [0.29, 0.717) is 41.6 Å². The molecule has 9 heteroatoms. The van der Waals surface area contributed by atoms with Crippen molar-refractivity contribution in [3.8, 4) is 5.75 Å². The predicted molar refractivity (Wildman–Crippen MR) is 116 cm³/mol. The first kappa shape index (κ1) is 23.7. The Morgan fingerprint density at radius 2 is 1.84 bits per heavy atom. The second-order valence-corrected chi connectivity index (χ2v) is 7.81. The molecule has 0 spiro atoms. The smallest absolute Gasteiger partial charge is 0.435 e. The zero-order valence-corrected chi connectivity index (χ0v) is 18.4. The van der Waals surface area contributed by atoms with Crippen molar-refractivity contribution in [2.24, 2.45) is 0 Å². The molecule has 1 heterocycles. The molecule has 0 unspecified atom stereocenters. The van der Waals surface area contributed by atoms with E-state index >= 15 is 0 Å². The van der Waals surface area contributed by atoms with Crippen LogP contribution in [-0.4, -0.2) is 22.2 Å². The van der Waals surface area contributed by atoms with Gasteiger partial charge in [0.25, 0.3) is 5.91 Å². The van der Waals surface area contributed by atoms with E-state index in [-0.39, 0.29) is 12.5 Å². The van der Waals surface area contributed by atoms with Crippen LogP contribution in [0.5, 0.6) is 5.75 Å². The van der Waals surface area contributed by atoms with Gasteiger partial charge in [-0.25, -0.2) is 0 Å². The lowest BCUT2D eigenvalue weighted by Crippen LogP contribution is -2.25. The van der Waals surface area contributed by atoms with Gasteiger partial charge in [0, 0.05) is 29.4 Å². The lowest BCUT2D eigenvalue weighted by Gasteiger charge is -2.09. The third kappa shape index (κ3) is 6.26. The molecule has 32 heavy (non-hydrogen) atoms. The minimum atomic E-state index is -4.46. The monoisotopic (exact) mass is 465 g/mol. The molecular weight excluding hydrogens is 443 g/mol. The maximum atomic E-state index is 12.7. The maximum absolute atomic E-state index is 12.7. The molecule has 5 nitrogen and oxygen atoms in total. The lowest BCUT2D eigenvalue weighted by atomic mass is 10.1. The number of ether oxygens (including phenoxy) is 1. The SMILES string of the molecule is Cc1cc(OCc2ccc(C(=O)NCCCn3nc(C(F)(F)F)cc3C)cc2)ccc1Cl. The summed E-state index contributed by atoms with van der Waals surface area (Å²) in [7, 11) is 0. The Morgan fingerprint density at radius 3 is 2.47 bits per heavy atom. The minimum absolute atomic E-state index is 0.251. The number of rotatable bonds is 8. The molecule has 2 aromatic carbocycles. The van der Waals surface area contributed by atoms with E-state index < -0.39 is 11.9 Å². The number of hydrogen-bond donors (Lipinski definition) is 1.